The number of benzene rings is 7. The minimum atomic E-state index is 1.15. The van der Waals surface area contributed by atoms with E-state index in [1.165, 1.54) is 78.1 Å². The molecule has 2 nitrogen and oxygen atoms in total. The van der Waals surface area contributed by atoms with E-state index in [1.807, 2.05) is 0 Å². The van der Waals surface area contributed by atoms with Gasteiger partial charge in [0, 0.05) is 34.1 Å². The molecule has 0 fully saturated rings. The lowest BCUT2D eigenvalue weighted by atomic mass is 10.0. The molecule has 0 spiro atoms. The number of nitrogens with zero attached hydrogens (tertiary/aromatic N) is 2. The quantitative estimate of drug-likeness (QED) is 0.129. The third-order valence-electron chi connectivity index (χ3n) is 10.6. The Labute approximate surface area is 334 Å². The molecule has 7 rings (SSSR count). The Kier molecular flexibility index (Phi) is 11.2. The molecule has 0 atom stereocenters. The Hall–Kier alpha value is -6.38. The van der Waals surface area contributed by atoms with Crippen molar-refractivity contribution in [3.8, 4) is 0 Å². The molecule has 0 unspecified atom stereocenters. The molecule has 0 aliphatic heterocycles. The van der Waals surface area contributed by atoms with E-state index in [9.17, 15) is 0 Å². The lowest BCUT2D eigenvalue weighted by Crippen LogP contribution is -2.11. The topological polar surface area (TPSA) is 6.48 Å². The van der Waals surface area contributed by atoms with Gasteiger partial charge in [-0.25, -0.2) is 0 Å². The molecular weight excluding hydrogens is 677 g/mol. The molecular formula is C54H52N2. The molecule has 2 heteroatoms. The van der Waals surface area contributed by atoms with Gasteiger partial charge < -0.3 is 9.80 Å². The van der Waals surface area contributed by atoms with Gasteiger partial charge in [-0.3, -0.25) is 0 Å². The molecule has 0 aliphatic carbocycles. The molecule has 0 saturated carbocycles. The molecule has 278 valence electrons. The second kappa shape index (κ2) is 16.6. The molecule has 0 N–H and O–H groups in total. The van der Waals surface area contributed by atoms with Crippen LogP contribution in [0.15, 0.2) is 146 Å². The van der Waals surface area contributed by atoms with Gasteiger partial charge in [-0.05, 0) is 167 Å². The molecule has 0 aromatic heterocycles. The smallest absolute Gasteiger partial charge is 0.0490 e. The van der Waals surface area contributed by atoms with E-state index < -0.39 is 0 Å². The third kappa shape index (κ3) is 8.61. The van der Waals surface area contributed by atoms with Crippen LogP contribution in [-0.4, -0.2) is 0 Å². The van der Waals surface area contributed by atoms with Gasteiger partial charge in [-0.2, -0.15) is 0 Å². The zero-order valence-corrected chi connectivity index (χ0v) is 34.1. The summed E-state index contributed by atoms with van der Waals surface area (Å²) >= 11 is 0. The minimum Gasteiger partial charge on any atom is -0.310 e. The summed E-state index contributed by atoms with van der Waals surface area (Å²) in [6, 6.07) is 53.2. The number of hydrogen-bond acceptors (Lipinski definition) is 2. The van der Waals surface area contributed by atoms with Crippen molar-refractivity contribution in [2.75, 3.05) is 9.80 Å². The van der Waals surface area contributed by atoms with Crippen LogP contribution in [0.5, 0.6) is 0 Å². The van der Waals surface area contributed by atoms with Crippen LogP contribution in [0.25, 0.3) is 24.3 Å². The highest BCUT2D eigenvalue weighted by atomic mass is 15.1. The predicted molar refractivity (Wildman–Crippen MR) is 244 cm³/mol. The summed E-state index contributed by atoms with van der Waals surface area (Å²) < 4.78 is 0. The van der Waals surface area contributed by atoms with Gasteiger partial charge in [0.1, 0.15) is 0 Å². The maximum atomic E-state index is 2.37. The summed E-state index contributed by atoms with van der Waals surface area (Å²) in [4.78, 5) is 4.73. The van der Waals surface area contributed by atoms with Crippen LogP contribution in [0.2, 0.25) is 0 Å². The number of hydrogen-bond donors (Lipinski definition) is 0. The average molecular weight is 729 g/mol. The number of aryl methyl sites for hydroxylation is 8. The molecule has 7 aromatic carbocycles. The van der Waals surface area contributed by atoms with E-state index in [0.717, 1.165) is 22.7 Å². The number of anilines is 6. The van der Waals surface area contributed by atoms with Crippen LogP contribution in [0.3, 0.4) is 0 Å². The lowest BCUT2D eigenvalue weighted by molar-refractivity contribution is 1.23. The number of rotatable bonds is 10. The summed E-state index contributed by atoms with van der Waals surface area (Å²) in [6.45, 7) is 17.4. The Morgan fingerprint density at radius 3 is 1.05 bits per heavy atom. The van der Waals surface area contributed by atoms with Crippen molar-refractivity contribution in [2.45, 2.75) is 55.4 Å². The van der Waals surface area contributed by atoms with E-state index in [1.54, 1.807) is 0 Å². The molecule has 0 heterocycles. The molecule has 0 amide bonds. The van der Waals surface area contributed by atoms with Gasteiger partial charge >= 0.3 is 0 Å². The maximum Gasteiger partial charge on any atom is 0.0490 e. The Bertz CT molecular complexity index is 2380. The van der Waals surface area contributed by atoms with Crippen LogP contribution in [-0.2, 0) is 0 Å². The van der Waals surface area contributed by atoms with Gasteiger partial charge in [0.2, 0.25) is 0 Å². The third-order valence-corrected chi connectivity index (χ3v) is 10.6. The highest BCUT2D eigenvalue weighted by Gasteiger charge is 2.17. The minimum absolute atomic E-state index is 1.15. The van der Waals surface area contributed by atoms with Crippen LogP contribution in [0.4, 0.5) is 34.1 Å². The van der Waals surface area contributed by atoms with E-state index in [-0.39, 0.29) is 0 Å². The second-order valence-corrected chi connectivity index (χ2v) is 15.3. The van der Waals surface area contributed by atoms with Gasteiger partial charge in [0.25, 0.3) is 0 Å². The van der Waals surface area contributed by atoms with Crippen molar-refractivity contribution in [3.05, 3.63) is 212 Å². The largest absolute Gasteiger partial charge is 0.310 e. The van der Waals surface area contributed by atoms with Crippen LogP contribution in [0.1, 0.15) is 66.8 Å². The first-order valence-electron chi connectivity index (χ1n) is 19.6. The normalized spacial score (nSPS) is 11.4. The Morgan fingerprint density at radius 2 is 0.679 bits per heavy atom. The fourth-order valence-electron chi connectivity index (χ4n) is 7.46. The van der Waals surface area contributed by atoms with Crippen molar-refractivity contribution >= 4 is 58.4 Å². The maximum absolute atomic E-state index is 2.37. The zero-order valence-electron chi connectivity index (χ0n) is 34.1. The molecule has 7 aromatic rings. The summed E-state index contributed by atoms with van der Waals surface area (Å²) in [5.41, 5.74) is 21.8. The average Bonchev–Trinajstić information content (AvgIpc) is 3.17. The zero-order chi connectivity index (χ0) is 39.3. The van der Waals surface area contributed by atoms with Crippen molar-refractivity contribution in [1.82, 2.24) is 0 Å². The van der Waals surface area contributed by atoms with Crippen molar-refractivity contribution in [3.63, 3.8) is 0 Å². The Balaban J connectivity index is 1.11. The summed E-state index contributed by atoms with van der Waals surface area (Å²) in [6.07, 6.45) is 8.89. The first-order chi connectivity index (χ1) is 27.0. The van der Waals surface area contributed by atoms with Crippen molar-refractivity contribution < 1.29 is 0 Å². The lowest BCUT2D eigenvalue weighted by Gasteiger charge is -2.28. The molecule has 0 radical (unpaired) electrons. The molecule has 0 bridgehead atoms. The predicted octanol–water partition coefficient (Wildman–Crippen LogP) is 15.4. The van der Waals surface area contributed by atoms with Crippen molar-refractivity contribution in [2.24, 2.45) is 0 Å². The second-order valence-electron chi connectivity index (χ2n) is 15.3. The van der Waals surface area contributed by atoms with Crippen molar-refractivity contribution in [1.29, 1.82) is 0 Å². The van der Waals surface area contributed by atoms with E-state index >= 15 is 0 Å². The molecule has 0 aliphatic rings. The standard InChI is InChI=1S/C54H52N2/c1-37-12-24-49(25-13-37)55(53-30-16-39(3)32-43(53)7)51-28-22-47(41(5)34-51)20-18-45-10-9-11-46(36-45)19-21-48-23-29-52(35-42(48)6)56(50-26-14-38(2)15-27-50)54-31-17-40(4)33-44(54)8/h9-36H,1-8H3. The van der Waals surface area contributed by atoms with Crippen LogP contribution < -0.4 is 9.80 Å². The fourth-order valence-corrected chi connectivity index (χ4v) is 7.46. The van der Waals surface area contributed by atoms with Gasteiger partial charge in [0.15, 0.2) is 0 Å². The van der Waals surface area contributed by atoms with Crippen LogP contribution in [0, 0.1) is 55.4 Å². The summed E-state index contributed by atoms with van der Waals surface area (Å²) in [5, 5.41) is 0. The van der Waals surface area contributed by atoms with Crippen LogP contribution >= 0.6 is 0 Å². The highest BCUT2D eigenvalue weighted by molar-refractivity contribution is 5.83. The first kappa shape index (κ1) is 37.9. The Morgan fingerprint density at radius 1 is 0.304 bits per heavy atom. The molecule has 56 heavy (non-hydrogen) atoms. The molecule has 0 saturated heterocycles. The van der Waals surface area contributed by atoms with E-state index in [4.69, 9.17) is 0 Å². The SMILES string of the molecule is Cc1ccc(N(c2ccc(C=Cc3cccc(C=Cc4ccc(N(c5ccc(C)cc5)c5ccc(C)cc5C)cc4C)c3)c(C)c2)c2ccc(C)cc2C)cc1. The fraction of sp³-hybridized carbons (Fsp3) is 0.148. The highest BCUT2D eigenvalue weighted by Crippen LogP contribution is 2.39. The monoisotopic (exact) mass is 728 g/mol. The van der Waals surface area contributed by atoms with Gasteiger partial charge in [0.05, 0.1) is 0 Å². The van der Waals surface area contributed by atoms with E-state index in [0.29, 0.717) is 0 Å². The summed E-state index contributed by atoms with van der Waals surface area (Å²) in [7, 11) is 0. The first-order valence-corrected chi connectivity index (χ1v) is 19.6. The van der Waals surface area contributed by atoms with Gasteiger partial charge in [-0.1, -0.05) is 125 Å². The van der Waals surface area contributed by atoms with Gasteiger partial charge in [-0.15, -0.1) is 0 Å². The summed E-state index contributed by atoms with van der Waals surface area (Å²) in [5.74, 6) is 0. The van der Waals surface area contributed by atoms with E-state index in [2.05, 4.69) is 235 Å².